The topological polar surface area (TPSA) is 404 Å². The molecule has 0 spiro atoms. The lowest BCUT2D eigenvalue weighted by atomic mass is 9.94. The molecule has 5 aromatic rings. The van der Waals surface area contributed by atoms with Crippen molar-refractivity contribution < 1.29 is 110 Å². The Morgan fingerprint density at radius 1 is 0.438 bits per heavy atom. The van der Waals surface area contributed by atoms with Crippen molar-refractivity contribution in [2.24, 2.45) is 0 Å². The summed E-state index contributed by atoms with van der Waals surface area (Å²) in [5.41, 5.74) is 4.38. The van der Waals surface area contributed by atoms with Gasteiger partial charge in [0.1, 0.15) is 19.0 Å². The molecule has 9 aliphatic rings. The SMILES string of the molecule is C=C(C)C(=O)OCCCC(=O)CCCC.C=C(C)C(=O)OCCOC(=O)CCCC.C=CCCN1C(=O)c2ccccc2C1=O.C=CN1C(=O)c2ccccc2C1=O.CCN1C(=O)C=CC1=O.O=C1C=CC(=O)N1.O=C1C=CC(=O)N1C1CCCCC1.O=C1C=CC(=O)N1Cc1ccccc1.O=C1C=CC(=O)N1c1c(Cl)cc(Cl)cc1Cl.O=C1C=CC(=O)N1c1ccccc1. The van der Waals surface area contributed by atoms with Crippen LogP contribution in [0.25, 0.3) is 0 Å². The summed E-state index contributed by atoms with van der Waals surface area (Å²) in [4.78, 5) is 230. The van der Waals surface area contributed by atoms with Crippen LogP contribution in [-0.2, 0) is 97.5 Å². The number of benzene rings is 5. The van der Waals surface area contributed by atoms with E-state index in [1.165, 1.54) is 105 Å². The third-order valence-corrected chi connectivity index (χ3v) is 19.4. The van der Waals surface area contributed by atoms with Crippen LogP contribution in [-0.4, -0.2) is 182 Å². The molecule has 1 fully saturated rings. The summed E-state index contributed by atoms with van der Waals surface area (Å²) in [6.45, 7) is 24.6. The van der Waals surface area contributed by atoms with E-state index in [4.69, 9.17) is 49.0 Å². The third kappa shape index (κ3) is 33.4. The Balaban J connectivity index is 0.000000257. The molecule has 31 nitrogen and oxygen atoms in total. The van der Waals surface area contributed by atoms with Gasteiger partial charge in [0.05, 0.1) is 56.8 Å². The summed E-state index contributed by atoms with van der Waals surface area (Å²) in [6, 6.07) is 34.9. The Bertz CT molecular complexity index is 5090. The van der Waals surface area contributed by atoms with E-state index in [2.05, 4.69) is 33.2 Å². The number of esters is 3. The molecular formula is C96H99Cl3N8O23. The van der Waals surface area contributed by atoms with Crippen LogP contribution in [0.2, 0.25) is 15.1 Å². The second kappa shape index (κ2) is 55.2. The number of carbonyl (C=O) groups excluding carboxylic acids is 20. The number of nitrogens with zero attached hydrogens (tertiary/aromatic N) is 7. The van der Waals surface area contributed by atoms with Crippen LogP contribution < -0.4 is 15.1 Å². The average Bonchev–Trinajstić information content (AvgIpc) is 1.63. The molecule has 0 bridgehead atoms. The van der Waals surface area contributed by atoms with Crippen LogP contribution in [0.3, 0.4) is 0 Å². The highest BCUT2D eigenvalue weighted by atomic mass is 35.5. The van der Waals surface area contributed by atoms with Gasteiger partial charge in [-0.15, -0.1) is 6.58 Å². The van der Waals surface area contributed by atoms with Crippen LogP contribution in [0.4, 0.5) is 11.4 Å². The van der Waals surface area contributed by atoms with Gasteiger partial charge in [-0.05, 0) is 113 Å². The molecule has 8 aliphatic heterocycles. The molecule has 1 aliphatic carbocycles. The van der Waals surface area contributed by atoms with Gasteiger partial charge in [-0.3, -0.25) is 111 Å². The lowest BCUT2D eigenvalue weighted by Gasteiger charge is -2.29. The van der Waals surface area contributed by atoms with Gasteiger partial charge in [-0.1, -0.05) is 179 Å². The first kappa shape index (κ1) is 106. The van der Waals surface area contributed by atoms with Crippen molar-refractivity contribution in [3.8, 4) is 0 Å². The predicted molar refractivity (Wildman–Crippen MR) is 484 cm³/mol. The number of amides is 16. The number of para-hydroxylation sites is 1. The summed E-state index contributed by atoms with van der Waals surface area (Å²) in [6.07, 6.45) is 30.2. The number of hydrogen-bond donors (Lipinski definition) is 1. The van der Waals surface area contributed by atoms with Gasteiger partial charge >= 0.3 is 17.9 Å². The summed E-state index contributed by atoms with van der Waals surface area (Å²) in [5.74, 6) is -5.13. The number of rotatable bonds is 25. The Hall–Kier alpha value is -14.4. The van der Waals surface area contributed by atoms with E-state index in [1.54, 1.807) is 99.6 Å². The van der Waals surface area contributed by atoms with Gasteiger partial charge in [0, 0.05) is 134 Å². The number of unbranched alkanes of at least 4 members (excludes halogenated alkanes) is 2. The molecule has 16 amide bonds. The first-order chi connectivity index (χ1) is 62.0. The zero-order valence-corrected chi connectivity index (χ0v) is 74.6. The molecule has 0 atom stereocenters. The summed E-state index contributed by atoms with van der Waals surface area (Å²) < 4.78 is 14.4. The van der Waals surface area contributed by atoms with Crippen LogP contribution in [0.15, 0.2) is 244 Å². The first-order valence-corrected chi connectivity index (χ1v) is 42.2. The van der Waals surface area contributed by atoms with Crippen LogP contribution >= 0.6 is 34.8 Å². The van der Waals surface area contributed by atoms with E-state index in [1.807, 2.05) is 48.6 Å². The molecule has 0 radical (unpaired) electrons. The Morgan fingerprint density at radius 3 is 1.25 bits per heavy atom. The number of carbonyl (C=O) groups is 20. The van der Waals surface area contributed by atoms with Crippen molar-refractivity contribution >= 4 is 164 Å². The average molecular weight is 1840 g/mol. The van der Waals surface area contributed by atoms with Crippen LogP contribution in [0, 0.1) is 0 Å². The second-order valence-corrected chi connectivity index (χ2v) is 29.7. The Labute approximate surface area is 766 Å². The Morgan fingerprint density at radius 2 is 0.831 bits per heavy atom. The summed E-state index contributed by atoms with van der Waals surface area (Å²) >= 11 is 17.5. The van der Waals surface area contributed by atoms with E-state index in [-0.39, 0.29) is 135 Å². The zero-order valence-electron chi connectivity index (χ0n) is 72.3. The minimum Gasteiger partial charge on any atom is -0.462 e. The van der Waals surface area contributed by atoms with Gasteiger partial charge in [0.25, 0.3) is 94.5 Å². The van der Waals surface area contributed by atoms with Crippen molar-refractivity contribution in [1.29, 1.82) is 0 Å². The van der Waals surface area contributed by atoms with E-state index in [0.29, 0.717) is 102 Å². The number of imide groups is 8. The zero-order chi connectivity index (χ0) is 96.1. The first-order valence-electron chi connectivity index (χ1n) is 41.0. The lowest BCUT2D eigenvalue weighted by Crippen LogP contribution is -2.41. The van der Waals surface area contributed by atoms with Gasteiger partial charge < -0.3 is 14.2 Å². The van der Waals surface area contributed by atoms with E-state index >= 15 is 0 Å². The predicted octanol–water partition coefficient (Wildman–Crippen LogP) is 13.4. The molecule has 682 valence electrons. The van der Waals surface area contributed by atoms with E-state index in [9.17, 15) is 95.9 Å². The molecule has 8 heterocycles. The fourth-order valence-electron chi connectivity index (χ4n) is 12.1. The van der Waals surface area contributed by atoms with E-state index in [0.717, 1.165) is 83.8 Å². The quantitative estimate of drug-likeness (QED) is 0.0142. The molecule has 1 N–H and O–H groups in total. The standard InChI is InChI=1S/C12H11NO2.C12H20O3.C11H9NO2.C11H18O4.C10H4Cl3NO2.C10H7NO2.C10H13NO2.C10H7NO2.C6H7NO2.C4H3NO2/c1-2-3-8-13-11(14)9-6-4-5-7-10(9)12(13)15;1-4-5-7-11(13)8-6-9-15-12(14)10(2)3;13-10-6-7-11(14)12(10)8-9-4-2-1-3-5-9;1-4-5-6-10(12)14-7-8-15-11(13)9(2)3;11-5-3-6(12)10(7(13)4-5)14-8(15)1-2-9(14)16;1-2-11-9(12)7-5-3-4-6-8(7)10(11)13;2*12-9-6-7-10(13)11(9)8-4-2-1-3-5-8;1-2-7-5(8)3-4-6(7)9;6-3-1-2-4(7)5-3/h2,4-7H,1,3,8H2;2,4-9H2,1,3H3;1-7H,8H2;2,4-8H2,1,3H3;1-4H;2-6H,1H2;6-8H,1-5H2;1-7H;3-4H,2H2,1H3;1-2H,(H,5,6,7). The molecule has 0 saturated heterocycles. The van der Waals surface area contributed by atoms with E-state index < -0.39 is 17.8 Å². The molecule has 0 unspecified atom stereocenters. The number of fused-ring (bicyclic) bond motifs is 2. The summed E-state index contributed by atoms with van der Waals surface area (Å²) in [7, 11) is 0. The highest BCUT2D eigenvalue weighted by molar-refractivity contribution is 6.45. The van der Waals surface area contributed by atoms with Crippen molar-refractivity contribution in [3.63, 3.8) is 0 Å². The maximum atomic E-state index is 11.8. The smallest absolute Gasteiger partial charge is 0.333 e. The number of halogens is 3. The van der Waals surface area contributed by atoms with Crippen LogP contribution in [0.1, 0.15) is 172 Å². The van der Waals surface area contributed by atoms with Crippen LogP contribution in [0.5, 0.6) is 0 Å². The van der Waals surface area contributed by atoms with Gasteiger partial charge in [0.15, 0.2) is 0 Å². The van der Waals surface area contributed by atoms with Gasteiger partial charge in [0.2, 0.25) is 0 Å². The molecule has 5 aromatic carbocycles. The van der Waals surface area contributed by atoms with Gasteiger partial charge in [-0.25, -0.2) is 24.3 Å². The maximum absolute atomic E-state index is 11.8. The lowest BCUT2D eigenvalue weighted by molar-refractivity contribution is -0.150. The highest BCUT2D eigenvalue weighted by Crippen LogP contribution is 2.38. The Kier molecular flexibility index (Phi) is 45.1. The number of anilines is 2. The monoisotopic (exact) mass is 1840 g/mol. The maximum Gasteiger partial charge on any atom is 0.333 e. The number of ketones is 1. The molecular weight excluding hydrogens is 1740 g/mol. The van der Waals surface area contributed by atoms with Crippen molar-refractivity contribution in [3.05, 3.63) is 287 Å². The number of nitrogens with one attached hydrogen (secondary N) is 1. The molecule has 0 aromatic heterocycles. The molecule has 130 heavy (non-hydrogen) atoms. The fraction of sp³-hybridized carbons (Fsp3) is 0.271. The minimum absolute atomic E-state index is 0.0869. The normalized spacial score (nSPS) is 15.0. The third-order valence-electron chi connectivity index (χ3n) is 18.7. The second-order valence-electron chi connectivity index (χ2n) is 28.4. The number of likely N-dealkylation sites (N-methyl/N-ethyl adjacent to an activating group) is 1. The van der Waals surface area contributed by atoms with Crippen molar-refractivity contribution in [2.75, 3.05) is 42.7 Å². The van der Waals surface area contributed by atoms with Crippen molar-refractivity contribution in [2.45, 2.75) is 137 Å². The number of Topliss-reactive ketones (excluding diaryl/α,β-unsaturated/α-hetero) is 1. The molecule has 1 saturated carbocycles. The number of ether oxygens (including phenoxy) is 3. The summed E-state index contributed by atoms with van der Waals surface area (Å²) in [5, 5.41) is 2.68. The highest BCUT2D eigenvalue weighted by Gasteiger charge is 2.37. The molecule has 14 rings (SSSR count). The largest absolute Gasteiger partial charge is 0.462 e. The van der Waals surface area contributed by atoms with Crippen molar-refractivity contribution in [1.82, 2.24) is 29.8 Å². The van der Waals surface area contributed by atoms with Gasteiger partial charge in [-0.2, -0.15) is 0 Å². The molecule has 34 heteroatoms. The number of hydrogen-bond acceptors (Lipinski definition) is 23. The fourth-order valence-corrected chi connectivity index (χ4v) is 13.0. The minimum atomic E-state index is -0.476.